The van der Waals surface area contributed by atoms with Crippen LogP contribution in [0.2, 0.25) is 0 Å². The molecule has 2 aromatic rings. The van der Waals surface area contributed by atoms with E-state index in [9.17, 15) is 4.79 Å². The number of nitrogens with zero attached hydrogens (tertiary/aromatic N) is 2. The maximum Gasteiger partial charge on any atom is 0.238 e. The van der Waals surface area contributed by atoms with Crippen molar-refractivity contribution in [1.29, 1.82) is 0 Å². The third kappa shape index (κ3) is 3.52. The monoisotopic (exact) mass is 271 g/mol. The highest BCUT2D eigenvalue weighted by Crippen LogP contribution is 2.24. The zero-order valence-electron chi connectivity index (χ0n) is 11.3. The summed E-state index contributed by atoms with van der Waals surface area (Å²) in [5.41, 5.74) is 1.48. The molecule has 0 aliphatic heterocycles. The Morgan fingerprint density at radius 2 is 2.25 bits per heavy atom. The van der Waals surface area contributed by atoms with Crippen LogP contribution in [0.3, 0.4) is 0 Å². The average Bonchev–Trinajstić information content (AvgIpc) is 2.86. The number of hydrogen-bond donors (Lipinski definition) is 3. The molecule has 2 rings (SSSR count). The molecule has 6 nitrogen and oxygen atoms in total. The van der Waals surface area contributed by atoms with Crippen molar-refractivity contribution in [2.24, 2.45) is 0 Å². The largest absolute Gasteiger partial charge is 0.324 e. The van der Waals surface area contributed by atoms with E-state index in [0.29, 0.717) is 18.1 Å². The van der Waals surface area contributed by atoms with Gasteiger partial charge in [-0.15, -0.1) is 6.58 Å². The highest BCUT2D eigenvalue weighted by molar-refractivity contribution is 5.95. The van der Waals surface area contributed by atoms with E-state index < -0.39 is 0 Å². The lowest BCUT2D eigenvalue weighted by atomic mass is 10.1. The number of anilines is 1. The Morgan fingerprint density at radius 1 is 1.45 bits per heavy atom. The van der Waals surface area contributed by atoms with Crippen LogP contribution in [0.1, 0.15) is 5.82 Å². The van der Waals surface area contributed by atoms with Crippen molar-refractivity contribution in [3.05, 3.63) is 42.7 Å². The van der Waals surface area contributed by atoms with Crippen molar-refractivity contribution in [3.63, 3.8) is 0 Å². The number of hydrogen-bond acceptors (Lipinski definition) is 4. The molecule has 0 unspecified atom stereocenters. The smallest absolute Gasteiger partial charge is 0.238 e. The van der Waals surface area contributed by atoms with Crippen LogP contribution >= 0.6 is 0 Å². The molecule has 0 aliphatic carbocycles. The first kappa shape index (κ1) is 14.0. The van der Waals surface area contributed by atoms with Gasteiger partial charge in [0.1, 0.15) is 5.82 Å². The summed E-state index contributed by atoms with van der Waals surface area (Å²) in [6.07, 6.45) is 1.71. The van der Waals surface area contributed by atoms with E-state index in [1.165, 1.54) is 0 Å². The lowest BCUT2D eigenvalue weighted by Gasteiger charge is -2.09. The molecule has 1 aromatic heterocycles. The Bertz CT molecular complexity index is 605. The predicted octanol–water partition coefficient (Wildman–Crippen LogP) is 1.49. The first-order valence-electron chi connectivity index (χ1n) is 6.30. The molecule has 1 amide bonds. The molecule has 3 N–H and O–H groups in total. The first-order chi connectivity index (χ1) is 9.70. The van der Waals surface area contributed by atoms with Crippen LogP contribution in [0.25, 0.3) is 11.4 Å². The molecular formula is C14H17N5O. The van der Waals surface area contributed by atoms with E-state index in [0.717, 1.165) is 11.4 Å². The predicted molar refractivity (Wildman–Crippen MR) is 78.3 cm³/mol. The van der Waals surface area contributed by atoms with Crippen LogP contribution in [-0.2, 0) is 4.79 Å². The van der Waals surface area contributed by atoms with Crippen LogP contribution in [0.15, 0.2) is 36.9 Å². The quantitative estimate of drug-likeness (QED) is 0.549. The van der Waals surface area contributed by atoms with E-state index in [2.05, 4.69) is 32.4 Å². The summed E-state index contributed by atoms with van der Waals surface area (Å²) in [6, 6.07) is 7.43. The molecule has 1 heterocycles. The van der Waals surface area contributed by atoms with Crippen LogP contribution in [0.5, 0.6) is 0 Å². The second kappa shape index (κ2) is 6.63. The fourth-order valence-electron chi connectivity index (χ4n) is 1.73. The van der Waals surface area contributed by atoms with Gasteiger partial charge in [0.15, 0.2) is 5.82 Å². The van der Waals surface area contributed by atoms with Crippen molar-refractivity contribution in [3.8, 4) is 11.4 Å². The minimum Gasteiger partial charge on any atom is -0.324 e. The Balaban J connectivity index is 2.12. The number of amides is 1. The highest BCUT2D eigenvalue weighted by Gasteiger charge is 2.11. The number of aromatic amines is 1. The molecule has 20 heavy (non-hydrogen) atoms. The molecule has 0 fully saturated rings. The topological polar surface area (TPSA) is 82.7 Å². The minimum atomic E-state index is -0.119. The van der Waals surface area contributed by atoms with E-state index in [-0.39, 0.29) is 12.5 Å². The van der Waals surface area contributed by atoms with Gasteiger partial charge in [-0.25, -0.2) is 4.98 Å². The van der Waals surface area contributed by atoms with Crippen molar-refractivity contribution < 1.29 is 4.79 Å². The molecule has 0 saturated carbocycles. The lowest BCUT2D eigenvalue weighted by molar-refractivity contribution is -0.115. The number of aromatic nitrogens is 3. The molecule has 0 aliphatic rings. The molecule has 0 atom stereocenters. The summed E-state index contributed by atoms with van der Waals surface area (Å²) in [6.45, 7) is 6.24. The summed E-state index contributed by atoms with van der Waals surface area (Å²) < 4.78 is 0. The summed E-state index contributed by atoms with van der Waals surface area (Å²) in [7, 11) is 0. The lowest BCUT2D eigenvalue weighted by Crippen LogP contribution is -2.28. The number of carbonyl (C=O) groups excluding carboxylic acids is 1. The number of carbonyl (C=O) groups is 1. The molecule has 6 heteroatoms. The number of aryl methyl sites for hydroxylation is 1. The van der Waals surface area contributed by atoms with Gasteiger partial charge >= 0.3 is 0 Å². The summed E-state index contributed by atoms with van der Waals surface area (Å²) in [5.74, 6) is 1.18. The van der Waals surface area contributed by atoms with Gasteiger partial charge in [0.05, 0.1) is 12.2 Å². The van der Waals surface area contributed by atoms with Gasteiger partial charge in [-0.2, -0.15) is 5.10 Å². The van der Waals surface area contributed by atoms with Crippen molar-refractivity contribution in [2.75, 3.05) is 18.4 Å². The third-order valence-corrected chi connectivity index (χ3v) is 2.61. The van der Waals surface area contributed by atoms with E-state index in [1.807, 2.05) is 31.2 Å². The number of nitrogens with one attached hydrogen (secondary N) is 3. The van der Waals surface area contributed by atoms with Gasteiger partial charge in [0, 0.05) is 12.1 Å². The third-order valence-electron chi connectivity index (χ3n) is 2.61. The maximum absolute atomic E-state index is 11.8. The normalized spacial score (nSPS) is 10.2. The Morgan fingerprint density at radius 3 is 2.95 bits per heavy atom. The molecule has 0 spiro atoms. The van der Waals surface area contributed by atoms with Gasteiger partial charge in [-0.3, -0.25) is 9.89 Å². The van der Waals surface area contributed by atoms with Crippen molar-refractivity contribution in [1.82, 2.24) is 20.5 Å². The van der Waals surface area contributed by atoms with E-state index >= 15 is 0 Å². The number of benzene rings is 1. The fraction of sp³-hybridized carbons (Fsp3) is 0.214. The number of H-pyrrole nitrogens is 1. The second-order valence-corrected chi connectivity index (χ2v) is 4.26. The first-order valence-corrected chi connectivity index (χ1v) is 6.30. The summed E-state index contributed by atoms with van der Waals surface area (Å²) in [5, 5.41) is 12.7. The number of para-hydroxylation sites is 1. The van der Waals surface area contributed by atoms with Gasteiger partial charge in [0.2, 0.25) is 5.91 Å². The zero-order chi connectivity index (χ0) is 14.4. The van der Waals surface area contributed by atoms with Crippen LogP contribution in [-0.4, -0.2) is 34.2 Å². The SMILES string of the molecule is C=CCNCC(=O)Nc1ccccc1-c1n[nH]c(C)n1. The fourth-order valence-corrected chi connectivity index (χ4v) is 1.73. The average molecular weight is 271 g/mol. The molecule has 0 bridgehead atoms. The molecule has 1 aromatic carbocycles. The standard InChI is InChI=1S/C14H17N5O/c1-3-8-15-9-13(20)17-12-7-5-4-6-11(12)14-16-10(2)18-19-14/h3-7,15H,1,8-9H2,2H3,(H,17,20)(H,16,18,19). The Labute approximate surface area is 117 Å². The molecule has 104 valence electrons. The second-order valence-electron chi connectivity index (χ2n) is 4.26. The van der Waals surface area contributed by atoms with Crippen LogP contribution in [0, 0.1) is 6.92 Å². The highest BCUT2D eigenvalue weighted by atomic mass is 16.1. The van der Waals surface area contributed by atoms with Crippen LogP contribution < -0.4 is 10.6 Å². The van der Waals surface area contributed by atoms with Gasteiger partial charge in [-0.1, -0.05) is 18.2 Å². The minimum absolute atomic E-state index is 0.119. The van der Waals surface area contributed by atoms with Gasteiger partial charge in [0.25, 0.3) is 0 Å². The van der Waals surface area contributed by atoms with Crippen LogP contribution in [0.4, 0.5) is 5.69 Å². The number of rotatable bonds is 6. The maximum atomic E-state index is 11.8. The molecule has 0 radical (unpaired) electrons. The van der Waals surface area contributed by atoms with E-state index in [1.54, 1.807) is 6.08 Å². The van der Waals surface area contributed by atoms with Crippen molar-refractivity contribution >= 4 is 11.6 Å². The molecule has 0 saturated heterocycles. The summed E-state index contributed by atoms with van der Waals surface area (Å²) >= 11 is 0. The zero-order valence-corrected chi connectivity index (χ0v) is 11.3. The summed E-state index contributed by atoms with van der Waals surface area (Å²) in [4.78, 5) is 16.1. The Kier molecular flexibility index (Phi) is 4.62. The van der Waals surface area contributed by atoms with Gasteiger partial charge < -0.3 is 10.6 Å². The molecular weight excluding hydrogens is 254 g/mol. The van der Waals surface area contributed by atoms with Gasteiger partial charge in [-0.05, 0) is 19.1 Å². The Hall–Kier alpha value is -2.47. The van der Waals surface area contributed by atoms with E-state index in [4.69, 9.17) is 0 Å². The van der Waals surface area contributed by atoms with Crippen molar-refractivity contribution in [2.45, 2.75) is 6.92 Å².